The average molecular weight is 372 g/mol. The van der Waals surface area contributed by atoms with Gasteiger partial charge in [-0.05, 0) is 44.2 Å². The van der Waals surface area contributed by atoms with E-state index in [9.17, 15) is 9.59 Å². The maximum atomic E-state index is 13.2. The lowest BCUT2D eigenvalue weighted by Gasteiger charge is -2.40. The lowest BCUT2D eigenvalue weighted by Crippen LogP contribution is -2.54. The van der Waals surface area contributed by atoms with Crippen LogP contribution in [0.2, 0.25) is 0 Å². The Morgan fingerprint density at radius 2 is 1.59 bits per heavy atom. The highest BCUT2D eigenvalue weighted by Gasteiger charge is 2.38. The molecule has 146 valence electrons. The zero-order valence-electron chi connectivity index (χ0n) is 15.7. The molecule has 6 heteroatoms. The Morgan fingerprint density at radius 3 is 2.30 bits per heavy atom. The number of rotatable bonds is 3. The molecule has 3 heterocycles. The van der Waals surface area contributed by atoms with Gasteiger partial charge in [0.25, 0.3) is 5.91 Å². The highest BCUT2D eigenvalue weighted by Crippen LogP contribution is 2.28. The van der Waals surface area contributed by atoms with E-state index in [1.54, 1.807) is 4.90 Å². The number of piperidine rings is 2. The van der Waals surface area contributed by atoms with Crippen LogP contribution in [0.15, 0.2) is 30.3 Å². The molecule has 1 unspecified atom stereocenters. The number of hydrogen-bond donors (Lipinski definition) is 0. The number of hydrogen-bond acceptors (Lipinski definition) is 4. The summed E-state index contributed by atoms with van der Waals surface area (Å²) in [6, 6.07) is 8.95. The van der Waals surface area contributed by atoms with Crippen molar-refractivity contribution in [2.45, 2.75) is 44.4 Å². The van der Waals surface area contributed by atoms with Crippen LogP contribution in [0.4, 0.5) is 0 Å². The first-order valence-corrected chi connectivity index (χ1v) is 10.1. The molecule has 1 aromatic rings. The minimum absolute atomic E-state index is 0.0312. The Balaban J connectivity index is 1.40. The van der Waals surface area contributed by atoms with Crippen LogP contribution in [0, 0.1) is 5.92 Å². The van der Waals surface area contributed by atoms with E-state index in [1.807, 2.05) is 35.2 Å². The predicted molar refractivity (Wildman–Crippen MR) is 100 cm³/mol. The molecule has 0 bridgehead atoms. The van der Waals surface area contributed by atoms with Gasteiger partial charge in [0, 0.05) is 31.1 Å². The smallest absolute Gasteiger partial charge is 0.254 e. The molecule has 3 aliphatic heterocycles. The van der Waals surface area contributed by atoms with Crippen molar-refractivity contribution in [1.82, 2.24) is 9.80 Å². The van der Waals surface area contributed by atoms with Gasteiger partial charge in [0.1, 0.15) is 6.04 Å². The molecule has 1 aromatic carbocycles. The van der Waals surface area contributed by atoms with Crippen LogP contribution in [0.5, 0.6) is 0 Å². The average Bonchev–Trinajstić information content (AvgIpc) is 3.28. The first-order chi connectivity index (χ1) is 13.2. The van der Waals surface area contributed by atoms with E-state index in [-0.39, 0.29) is 24.1 Å². The van der Waals surface area contributed by atoms with Crippen LogP contribution in [0.1, 0.15) is 42.5 Å². The second-order valence-electron chi connectivity index (χ2n) is 7.65. The monoisotopic (exact) mass is 372 g/mol. The number of benzene rings is 1. The Labute approximate surface area is 160 Å². The van der Waals surface area contributed by atoms with Crippen molar-refractivity contribution in [2.24, 2.45) is 5.92 Å². The van der Waals surface area contributed by atoms with E-state index in [0.717, 1.165) is 45.2 Å². The van der Waals surface area contributed by atoms with Crippen molar-refractivity contribution in [1.29, 1.82) is 0 Å². The van der Waals surface area contributed by atoms with Crippen molar-refractivity contribution in [3.63, 3.8) is 0 Å². The summed E-state index contributed by atoms with van der Waals surface area (Å²) in [4.78, 5) is 29.9. The van der Waals surface area contributed by atoms with Crippen molar-refractivity contribution in [3.05, 3.63) is 35.9 Å². The molecule has 3 fully saturated rings. The molecule has 2 amide bonds. The van der Waals surface area contributed by atoms with Gasteiger partial charge in [-0.1, -0.05) is 18.2 Å². The van der Waals surface area contributed by atoms with Crippen LogP contribution < -0.4 is 0 Å². The number of nitrogens with zero attached hydrogens (tertiary/aromatic N) is 2. The molecule has 3 aliphatic rings. The third kappa shape index (κ3) is 4.01. The quantitative estimate of drug-likeness (QED) is 0.817. The van der Waals surface area contributed by atoms with Gasteiger partial charge in [0.15, 0.2) is 6.29 Å². The number of likely N-dealkylation sites (tertiary alicyclic amines) is 2. The maximum Gasteiger partial charge on any atom is 0.254 e. The van der Waals surface area contributed by atoms with E-state index in [4.69, 9.17) is 9.47 Å². The molecule has 27 heavy (non-hydrogen) atoms. The fraction of sp³-hybridized carbons (Fsp3) is 0.619. The van der Waals surface area contributed by atoms with Crippen LogP contribution in [0.3, 0.4) is 0 Å². The van der Waals surface area contributed by atoms with Crippen molar-refractivity contribution >= 4 is 11.8 Å². The van der Waals surface area contributed by atoms with Crippen LogP contribution in [-0.4, -0.2) is 66.8 Å². The highest BCUT2D eigenvalue weighted by molar-refractivity contribution is 5.97. The van der Waals surface area contributed by atoms with Crippen molar-refractivity contribution in [2.75, 3.05) is 32.8 Å². The Kier molecular flexibility index (Phi) is 5.74. The third-order valence-electron chi connectivity index (χ3n) is 5.95. The molecule has 0 saturated carbocycles. The zero-order valence-corrected chi connectivity index (χ0v) is 15.7. The highest BCUT2D eigenvalue weighted by atomic mass is 16.7. The van der Waals surface area contributed by atoms with Gasteiger partial charge in [-0.2, -0.15) is 0 Å². The molecule has 0 aromatic heterocycles. The summed E-state index contributed by atoms with van der Waals surface area (Å²) in [5, 5.41) is 0. The second kappa shape index (κ2) is 8.40. The van der Waals surface area contributed by atoms with Gasteiger partial charge in [-0.15, -0.1) is 0 Å². The van der Waals surface area contributed by atoms with Crippen LogP contribution >= 0.6 is 0 Å². The summed E-state index contributed by atoms with van der Waals surface area (Å²) in [6.07, 6.45) is 4.40. The van der Waals surface area contributed by atoms with E-state index >= 15 is 0 Å². The first-order valence-electron chi connectivity index (χ1n) is 10.1. The molecule has 3 saturated heterocycles. The maximum absolute atomic E-state index is 13.2. The lowest BCUT2D eigenvalue weighted by molar-refractivity contribution is -0.142. The Morgan fingerprint density at radius 1 is 0.889 bits per heavy atom. The molecule has 1 atom stereocenters. The molecule has 0 N–H and O–H groups in total. The number of ether oxygens (including phenoxy) is 2. The van der Waals surface area contributed by atoms with Crippen molar-refractivity contribution in [3.8, 4) is 0 Å². The Bertz CT molecular complexity index is 651. The minimum Gasteiger partial charge on any atom is -0.350 e. The van der Waals surface area contributed by atoms with Crippen LogP contribution in [0.25, 0.3) is 0 Å². The SMILES string of the molecule is O=C(C1CCCCN1C(=O)c1ccccc1)N1CCC(C2OCCO2)CC1. The molecule has 0 aliphatic carbocycles. The zero-order chi connectivity index (χ0) is 18.6. The van der Waals surface area contributed by atoms with Gasteiger partial charge in [0.05, 0.1) is 13.2 Å². The summed E-state index contributed by atoms with van der Waals surface area (Å²) in [6.45, 7) is 3.43. The third-order valence-corrected chi connectivity index (χ3v) is 5.95. The van der Waals surface area contributed by atoms with Gasteiger partial charge in [0.2, 0.25) is 5.91 Å². The van der Waals surface area contributed by atoms with Gasteiger partial charge >= 0.3 is 0 Å². The topological polar surface area (TPSA) is 59.1 Å². The number of carbonyl (C=O) groups excluding carboxylic acids is 2. The fourth-order valence-corrected chi connectivity index (χ4v) is 4.43. The van der Waals surface area contributed by atoms with E-state index in [2.05, 4.69) is 0 Å². The lowest BCUT2D eigenvalue weighted by atomic mass is 9.94. The standard InChI is InChI=1S/C21H28N2O4/c24-19(16-6-2-1-3-7-16)23-11-5-4-8-18(23)20(25)22-12-9-17(10-13-22)21-26-14-15-27-21/h1-3,6-7,17-18,21H,4-5,8-15H2. The summed E-state index contributed by atoms with van der Waals surface area (Å²) in [7, 11) is 0. The van der Waals surface area contributed by atoms with Gasteiger partial charge in [-0.25, -0.2) is 0 Å². The Hall–Kier alpha value is -1.92. The molecular weight excluding hydrogens is 344 g/mol. The second-order valence-corrected chi connectivity index (χ2v) is 7.65. The first kappa shape index (κ1) is 18.4. The number of amides is 2. The molecule has 6 nitrogen and oxygen atoms in total. The van der Waals surface area contributed by atoms with E-state index < -0.39 is 0 Å². The molecular formula is C21H28N2O4. The predicted octanol–water partition coefficient (Wildman–Crippen LogP) is 2.29. The summed E-state index contributed by atoms with van der Waals surface area (Å²) in [5.74, 6) is 0.437. The number of carbonyl (C=O) groups is 2. The molecule has 4 rings (SSSR count). The molecule has 0 radical (unpaired) electrons. The fourth-order valence-electron chi connectivity index (χ4n) is 4.43. The summed E-state index contributed by atoms with van der Waals surface area (Å²) >= 11 is 0. The minimum atomic E-state index is -0.331. The summed E-state index contributed by atoms with van der Waals surface area (Å²) < 4.78 is 11.2. The summed E-state index contributed by atoms with van der Waals surface area (Å²) in [5.41, 5.74) is 0.659. The normalized spacial score (nSPS) is 25.0. The van der Waals surface area contributed by atoms with Gasteiger partial charge in [-0.3, -0.25) is 9.59 Å². The van der Waals surface area contributed by atoms with E-state index in [0.29, 0.717) is 31.2 Å². The molecule has 0 spiro atoms. The van der Waals surface area contributed by atoms with Crippen molar-refractivity contribution < 1.29 is 19.1 Å². The van der Waals surface area contributed by atoms with E-state index in [1.165, 1.54) is 0 Å². The largest absolute Gasteiger partial charge is 0.350 e. The van der Waals surface area contributed by atoms with Crippen LogP contribution in [-0.2, 0) is 14.3 Å². The van der Waals surface area contributed by atoms with Gasteiger partial charge < -0.3 is 19.3 Å².